The quantitative estimate of drug-likeness (QED) is 0.821. The summed E-state index contributed by atoms with van der Waals surface area (Å²) in [5, 5.41) is 2.61. The first kappa shape index (κ1) is 12.4. The first-order chi connectivity index (χ1) is 8.61. The monoisotopic (exact) mass is 247 g/mol. The van der Waals surface area contributed by atoms with Crippen molar-refractivity contribution in [2.75, 3.05) is 20.7 Å². The molecule has 0 saturated heterocycles. The molecule has 1 aromatic rings. The van der Waals surface area contributed by atoms with Crippen molar-refractivity contribution in [2.45, 2.75) is 13.0 Å². The van der Waals surface area contributed by atoms with Gasteiger partial charge in [0, 0.05) is 13.6 Å². The lowest BCUT2D eigenvalue weighted by Crippen LogP contribution is -2.39. The number of alkyl carbamates (subject to hydrolysis) is 1. The molecule has 0 aliphatic carbocycles. The summed E-state index contributed by atoms with van der Waals surface area (Å²) in [4.78, 5) is 17.6. The van der Waals surface area contributed by atoms with Gasteiger partial charge in [0.25, 0.3) is 0 Å². The molecule has 0 saturated carbocycles. The van der Waals surface area contributed by atoms with E-state index in [0.717, 1.165) is 6.54 Å². The van der Waals surface area contributed by atoms with Crippen LogP contribution in [0, 0.1) is 6.92 Å². The van der Waals surface area contributed by atoms with Gasteiger partial charge in [-0.3, -0.25) is 5.32 Å². The summed E-state index contributed by atoms with van der Waals surface area (Å²) < 4.78 is 4.57. The molecule has 1 atom stereocenters. The molecule has 0 spiro atoms. The Morgan fingerprint density at radius 3 is 2.89 bits per heavy atom. The molecule has 0 aromatic heterocycles. The fraction of sp³-hybridized carbons (Fsp3) is 0.385. The highest BCUT2D eigenvalue weighted by Crippen LogP contribution is 2.25. The van der Waals surface area contributed by atoms with Crippen molar-refractivity contribution in [1.82, 2.24) is 10.2 Å². The maximum absolute atomic E-state index is 11.2. The fourth-order valence-electron chi connectivity index (χ4n) is 2.03. The van der Waals surface area contributed by atoms with Crippen LogP contribution in [0.15, 0.2) is 29.3 Å². The Balaban J connectivity index is 2.18. The molecule has 2 rings (SSSR count). The predicted octanol–water partition coefficient (Wildman–Crippen LogP) is 1.69. The first-order valence-electron chi connectivity index (χ1n) is 5.81. The maximum Gasteiger partial charge on any atom is 0.413 e. The third-order valence-corrected chi connectivity index (χ3v) is 3.03. The Hall–Kier alpha value is -2.04. The minimum Gasteiger partial charge on any atom is -0.453 e. The number of ether oxygens (including phenoxy) is 1. The predicted molar refractivity (Wildman–Crippen MR) is 69.5 cm³/mol. The second-order valence-electron chi connectivity index (χ2n) is 4.32. The molecule has 5 nitrogen and oxygen atoms in total. The molecule has 1 unspecified atom stereocenters. The van der Waals surface area contributed by atoms with Crippen LogP contribution in [0.2, 0.25) is 0 Å². The molecule has 5 heteroatoms. The van der Waals surface area contributed by atoms with Gasteiger partial charge >= 0.3 is 6.09 Å². The van der Waals surface area contributed by atoms with Crippen LogP contribution in [0.1, 0.15) is 17.2 Å². The smallest absolute Gasteiger partial charge is 0.413 e. The first-order valence-corrected chi connectivity index (χ1v) is 5.81. The number of guanidine groups is 1. The zero-order valence-corrected chi connectivity index (χ0v) is 10.8. The van der Waals surface area contributed by atoms with Crippen molar-refractivity contribution < 1.29 is 9.53 Å². The van der Waals surface area contributed by atoms with Gasteiger partial charge < -0.3 is 9.64 Å². The van der Waals surface area contributed by atoms with E-state index in [1.54, 1.807) is 0 Å². The zero-order chi connectivity index (χ0) is 13.1. The standard InChI is InChI=1S/C13H17N3O2/c1-9-6-4-5-7-10(9)11-8-16(2)12(14-11)15-13(17)18-3/h4-7,11H,8H2,1-3H3,(H,14,15,17). The van der Waals surface area contributed by atoms with Crippen LogP contribution in [0.3, 0.4) is 0 Å². The number of hydrogen-bond acceptors (Lipinski definition) is 4. The van der Waals surface area contributed by atoms with Gasteiger partial charge in [0.1, 0.15) is 0 Å². The van der Waals surface area contributed by atoms with Crippen molar-refractivity contribution in [2.24, 2.45) is 4.99 Å². The summed E-state index contributed by atoms with van der Waals surface area (Å²) in [6, 6.07) is 8.20. The zero-order valence-electron chi connectivity index (χ0n) is 10.8. The summed E-state index contributed by atoms with van der Waals surface area (Å²) in [7, 11) is 3.23. The lowest BCUT2D eigenvalue weighted by Gasteiger charge is -2.15. The average Bonchev–Trinajstić information content (AvgIpc) is 2.71. The molecule has 96 valence electrons. The van der Waals surface area contributed by atoms with Gasteiger partial charge in [0.2, 0.25) is 5.96 Å². The summed E-state index contributed by atoms with van der Waals surface area (Å²) in [6.45, 7) is 2.82. The third-order valence-electron chi connectivity index (χ3n) is 3.03. The van der Waals surface area contributed by atoms with Crippen molar-refractivity contribution in [1.29, 1.82) is 0 Å². The number of hydrogen-bond donors (Lipinski definition) is 1. The van der Waals surface area contributed by atoms with Crippen molar-refractivity contribution in [3.8, 4) is 0 Å². The second kappa shape index (κ2) is 5.08. The van der Waals surface area contributed by atoms with Crippen LogP contribution in [-0.2, 0) is 4.74 Å². The summed E-state index contributed by atoms with van der Waals surface area (Å²) in [5.41, 5.74) is 2.39. The summed E-state index contributed by atoms with van der Waals surface area (Å²) in [6.07, 6.45) is -0.494. The number of amides is 1. The highest BCUT2D eigenvalue weighted by molar-refractivity contribution is 5.94. The van der Waals surface area contributed by atoms with Crippen LogP contribution in [0.5, 0.6) is 0 Å². The number of aryl methyl sites for hydroxylation is 1. The molecule has 1 heterocycles. The number of aliphatic imine (C=N–C) groups is 1. The van der Waals surface area contributed by atoms with Gasteiger partial charge in [-0.05, 0) is 18.1 Å². The molecule has 0 radical (unpaired) electrons. The molecule has 0 fully saturated rings. The van der Waals surface area contributed by atoms with Crippen LogP contribution in [0.4, 0.5) is 4.79 Å². The normalized spacial score (nSPS) is 18.5. The van der Waals surface area contributed by atoms with Gasteiger partial charge in [0.15, 0.2) is 0 Å². The highest BCUT2D eigenvalue weighted by Gasteiger charge is 2.25. The Kier molecular flexibility index (Phi) is 3.50. The third kappa shape index (κ3) is 2.45. The Bertz CT molecular complexity index is 485. The van der Waals surface area contributed by atoms with E-state index in [2.05, 4.69) is 34.1 Å². The number of carbonyl (C=O) groups excluding carboxylic acids is 1. The van der Waals surface area contributed by atoms with Gasteiger partial charge in [-0.25, -0.2) is 9.79 Å². The Morgan fingerprint density at radius 1 is 1.50 bits per heavy atom. The van der Waals surface area contributed by atoms with Crippen LogP contribution in [0.25, 0.3) is 0 Å². The number of rotatable bonds is 1. The number of nitrogens with zero attached hydrogens (tertiary/aromatic N) is 2. The number of carbonyl (C=O) groups is 1. The molecule has 1 aliphatic rings. The van der Waals surface area contributed by atoms with E-state index in [0.29, 0.717) is 5.96 Å². The van der Waals surface area contributed by atoms with Gasteiger partial charge in [-0.2, -0.15) is 0 Å². The minimum atomic E-state index is -0.494. The van der Waals surface area contributed by atoms with E-state index in [-0.39, 0.29) is 6.04 Å². The van der Waals surface area contributed by atoms with Gasteiger partial charge in [0.05, 0.1) is 13.2 Å². The van der Waals surface area contributed by atoms with E-state index in [1.165, 1.54) is 18.2 Å². The van der Waals surface area contributed by atoms with Gasteiger partial charge in [-0.15, -0.1) is 0 Å². The number of likely N-dealkylation sites (N-methyl/N-ethyl adjacent to an activating group) is 1. The van der Waals surface area contributed by atoms with Gasteiger partial charge in [-0.1, -0.05) is 24.3 Å². The molecule has 18 heavy (non-hydrogen) atoms. The Labute approximate surface area is 106 Å². The van der Waals surface area contributed by atoms with Crippen molar-refractivity contribution >= 4 is 12.1 Å². The lowest BCUT2D eigenvalue weighted by molar-refractivity contribution is 0.176. The number of nitrogens with one attached hydrogen (secondary N) is 1. The minimum absolute atomic E-state index is 0.0587. The molecular weight excluding hydrogens is 230 g/mol. The molecular formula is C13H17N3O2. The highest BCUT2D eigenvalue weighted by atomic mass is 16.5. The molecule has 1 aromatic carbocycles. The van der Waals surface area contributed by atoms with E-state index < -0.39 is 6.09 Å². The average molecular weight is 247 g/mol. The molecule has 1 aliphatic heterocycles. The SMILES string of the molecule is COC(=O)NC1=NC(c2ccccc2C)CN1C. The van der Waals surface area contributed by atoms with E-state index in [1.807, 2.05) is 24.1 Å². The summed E-state index contributed by atoms with van der Waals surface area (Å²) in [5.74, 6) is 0.551. The van der Waals surface area contributed by atoms with E-state index >= 15 is 0 Å². The van der Waals surface area contributed by atoms with E-state index in [9.17, 15) is 4.79 Å². The second-order valence-corrected chi connectivity index (χ2v) is 4.32. The number of benzene rings is 1. The van der Waals surface area contributed by atoms with Crippen LogP contribution in [-0.4, -0.2) is 37.7 Å². The molecule has 1 amide bonds. The molecule has 1 N–H and O–H groups in total. The van der Waals surface area contributed by atoms with Crippen molar-refractivity contribution in [3.05, 3.63) is 35.4 Å². The van der Waals surface area contributed by atoms with Crippen LogP contribution >= 0.6 is 0 Å². The Morgan fingerprint density at radius 2 is 2.22 bits per heavy atom. The van der Waals surface area contributed by atoms with E-state index in [4.69, 9.17) is 0 Å². The fourth-order valence-corrected chi connectivity index (χ4v) is 2.03. The lowest BCUT2D eigenvalue weighted by atomic mass is 10.0. The molecule has 0 bridgehead atoms. The maximum atomic E-state index is 11.2. The number of methoxy groups -OCH3 is 1. The topological polar surface area (TPSA) is 53.9 Å². The summed E-state index contributed by atoms with van der Waals surface area (Å²) >= 11 is 0. The van der Waals surface area contributed by atoms with Crippen LogP contribution < -0.4 is 5.32 Å². The largest absolute Gasteiger partial charge is 0.453 e. The van der Waals surface area contributed by atoms with Crippen molar-refractivity contribution in [3.63, 3.8) is 0 Å².